The van der Waals surface area contributed by atoms with Gasteiger partial charge in [0.25, 0.3) is 0 Å². The summed E-state index contributed by atoms with van der Waals surface area (Å²) in [7, 11) is 0. The van der Waals surface area contributed by atoms with Crippen LogP contribution >= 0.6 is 0 Å². The maximum absolute atomic E-state index is 6.62. The van der Waals surface area contributed by atoms with Crippen LogP contribution in [0.15, 0.2) is 45.2 Å². The molecule has 5 rings (SSSR count). The van der Waals surface area contributed by atoms with Gasteiger partial charge in [0.2, 0.25) is 0 Å². The predicted octanol–water partition coefficient (Wildman–Crippen LogP) is 13.7. The van der Waals surface area contributed by atoms with E-state index in [1.807, 2.05) is 6.07 Å². The van der Waals surface area contributed by atoms with Crippen LogP contribution in [-0.2, 0) is 22.3 Å². The van der Waals surface area contributed by atoms with Crippen molar-refractivity contribution in [3.8, 4) is 11.5 Å². The van der Waals surface area contributed by atoms with Crippen molar-refractivity contribution in [3.63, 3.8) is 0 Å². The highest BCUT2D eigenvalue weighted by molar-refractivity contribution is 6.15. The number of aryl methyl sites for hydroxylation is 2. The van der Waals surface area contributed by atoms with Crippen molar-refractivity contribution in [1.82, 2.24) is 0 Å². The van der Waals surface area contributed by atoms with Crippen molar-refractivity contribution in [2.45, 2.75) is 143 Å². The first-order valence-corrected chi connectivity index (χ1v) is 21.0. The Balaban J connectivity index is 1.42. The lowest BCUT2D eigenvalue weighted by atomic mass is 9.95. The second-order valence-electron chi connectivity index (χ2n) is 14.6. The topological polar surface area (TPSA) is 63.2 Å². The van der Waals surface area contributed by atoms with Gasteiger partial charge in [-0.05, 0) is 106 Å². The van der Waals surface area contributed by atoms with Gasteiger partial charge in [-0.25, -0.2) is 0 Å². The molecule has 3 aromatic carbocycles. The molecule has 0 bridgehead atoms. The van der Waals surface area contributed by atoms with E-state index in [4.69, 9.17) is 27.8 Å². The highest BCUT2D eigenvalue weighted by Gasteiger charge is 2.18. The van der Waals surface area contributed by atoms with Gasteiger partial charge in [0.15, 0.2) is 11.5 Å². The first kappa shape index (κ1) is 40.0. The standard InChI is InChI=1S/C46H66O6/c1-5-9-11-13-17-27-49-45-33-40-39-32-42-38(31-43(39)52-44(40)34-46(45)50-28-18-14-12-10-6-2)37-29-35(21-15-19-25-47-23-7-3)36(30-41(37)51-42)22-16-20-26-48-24-8-4/h29-34H,5-28H2,1-4H3. The summed E-state index contributed by atoms with van der Waals surface area (Å²) in [5.41, 5.74) is 6.32. The number of ether oxygens (including phenoxy) is 4. The Morgan fingerprint density at radius 2 is 0.788 bits per heavy atom. The Kier molecular flexibility index (Phi) is 17.0. The average molecular weight is 715 g/mol. The number of rotatable bonds is 28. The van der Waals surface area contributed by atoms with Crippen LogP contribution in [0.5, 0.6) is 11.5 Å². The fourth-order valence-electron chi connectivity index (χ4n) is 7.18. The minimum atomic E-state index is 0.684. The minimum Gasteiger partial charge on any atom is -0.490 e. The summed E-state index contributed by atoms with van der Waals surface area (Å²) in [6, 6.07) is 13.2. The van der Waals surface area contributed by atoms with E-state index in [1.165, 1.54) is 62.5 Å². The van der Waals surface area contributed by atoms with E-state index in [0.29, 0.717) is 13.2 Å². The van der Waals surface area contributed by atoms with Gasteiger partial charge in [-0.2, -0.15) is 0 Å². The van der Waals surface area contributed by atoms with Gasteiger partial charge in [0.05, 0.1) is 13.2 Å². The van der Waals surface area contributed by atoms with Crippen LogP contribution in [0.3, 0.4) is 0 Å². The van der Waals surface area contributed by atoms with Gasteiger partial charge in [0.1, 0.15) is 22.3 Å². The van der Waals surface area contributed by atoms with Crippen molar-refractivity contribution in [1.29, 1.82) is 0 Å². The number of fused-ring (bicyclic) bond motifs is 6. The smallest absolute Gasteiger partial charge is 0.164 e. The quantitative estimate of drug-likeness (QED) is 0.0481. The predicted molar refractivity (Wildman–Crippen MR) is 218 cm³/mol. The second kappa shape index (κ2) is 22.1. The van der Waals surface area contributed by atoms with Crippen molar-refractivity contribution in [2.75, 3.05) is 39.6 Å². The molecular formula is C46H66O6. The van der Waals surface area contributed by atoms with Crippen LogP contribution in [0.4, 0.5) is 0 Å². The van der Waals surface area contributed by atoms with Crippen LogP contribution in [-0.4, -0.2) is 39.6 Å². The van der Waals surface area contributed by atoms with Gasteiger partial charge < -0.3 is 27.8 Å². The summed E-state index contributed by atoms with van der Waals surface area (Å²) in [4.78, 5) is 0. The molecule has 0 saturated carbocycles. The molecule has 0 spiro atoms. The molecule has 0 aliphatic rings. The molecule has 0 aliphatic heterocycles. The molecule has 0 N–H and O–H groups in total. The Bertz CT molecular complexity index is 1630. The monoisotopic (exact) mass is 714 g/mol. The molecule has 6 heteroatoms. The maximum atomic E-state index is 6.62. The summed E-state index contributed by atoms with van der Waals surface area (Å²) in [6.07, 6.45) is 20.6. The molecule has 5 aromatic rings. The average Bonchev–Trinajstić information content (AvgIpc) is 3.68. The minimum absolute atomic E-state index is 0.684. The molecule has 2 aromatic heterocycles. The van der Waals surface area contributed by atoms with Gasteiger partial charge in [0, 0.05) is 54.0 Å². The Hall–Kier alpha value is -3.22. The number of furan rings is 2. The molecule has 0 atom stereocenters. The third-order valence-corrected chi connectivity index (χ3v) is 10.1. The Morgan fingerprint density at radius 1 is 0.365 bits per heavy atom. The van der Waals surface area contributed by atoms with Gasteiger partial charge in [-0.3, -0.25) is 0 Å². The second-order valence-corrected chi connectivity index (χ2v) is 14.6. The van der Waals surface area contributed by atoms with E-state index >= 15 is 0 Å². The number of unbranched alkanes of at least 4 members (excludes halogenated alkanes) is 10. The van der Waals surface area contributed by atoms with E-state index in [9.17, 15) is 0 Å². The largest absolute Gasteiger partial charge is 0.490 e. The molecule has 6 nitrogen and oxygen atoms in total. The fourth-order valence-corrected chi connectivity index (χ4v) is 7.18. The highest BCUT2D eigenvalue weighted by atomic mass is 16.5. The van der Waals surface area contributed by atoms with Crippen LogP contribution in [0.25, 0.3) is 43.9 Å². The molecular weight excluding hydrogens is 649 g/mol. The molecule has 0 unspecified atom stereocenters. The lowest BCUT2D eigenvalue weighted by molar-refractivity contribution is 0.131. The Morgan fingerprint density at radius 3 is 1.33 bits per heavy atom. The normalized spacial score (nSPS) is 11.9. The van der Waals surface area contributed by atoms with Crippen molar-refractivity contribution < 1.29 is 27.8 Å². The maximum Gasteiger partial charge on any atom is 0.164 e. The zero-order valence-corrected chi connectivity index (χ0v) is 32.9. The Labute approximate surface area is 312 Å². The van der Waals surface area contributed by atoms with Crippen molar-refractivity contribution >= 4 is 43.9 Å². The van der Waals surface area contributed by atoms with Crippen LogP contribution in [0.2, 0.25) is 0 Å². The molecule has 52 heavy (non-hydrogen) atoms. The lowest BCUT2D eigenvalue weighted by Gasteiger charge is -2.13. The molecule has 286 valence electrons. The summed E-state index contributed by atoms with van der Waals surface area (Å²) in [5, 5.41) is 4.33. The first-order valence-electron chi connectivity index (χ1n) is 21.0. The van der Waals surface area contributed by atoms with Crippen LogP contribution in [0.1, 0.15) is 142 Å². The first-order chi connectivity index (χ1) is 25.7. The fraction of sp³-hybridized carbons (Fsp3) is 0.609. The van der Waals surface area contributed by atoms with E-state index in [2.05, 4.69) is 58.0 Å². The van der Waals surface area contributed by atoms with Gasteiger partial charge in [-0.1, -0.05) is 79.1 Å². The molecule has 0 fully saturated rings. The van der Waals surface area contributed by atoms with Crippen LogP contribution in [0, 0.1) is 0 Å². The van der Waals surface area contributed by atoms with E-state index in [1.54, 1.807) is 0 Å². The molecule has 0 saturated heterocycles. The van der Waals surface area contributed by atoms with E-state index < -0.39 is 0 Å². The van der Waals surface area contributed by atoms with E-state index in [-0.39, 0.29) is 0 Å². The van der Waals surface area contributed by atoms with Crippen molar-refractivity contribution in [3.05, 3.63) is 47.5 Å². The molecule has 0 amide bonds. The number of benzene rings is 3. The van der Waals surface area contributed by atoms with Crippen LogP contribution < -0.4 is 9.47 Å². The van der Waals surface area contributed by atoms with Gasteiger partial charge in [-0.15, -0.1) is 0 Å². The number of hydrogen-bond acceptors (Lipinski definition) is 6. The zero-order chi connectivity index (χ0) is 36.4. The van der Waals surface area contributed by atoms with Gasteiger partial charge >= 0.3 is 0 Å². The zero-order valence-electron chi connectivity index (χ0n) is 32.9. The molecule has 2 heterocycles. The third kappa shape index (κ3) is 11.4. The summed E-state index contributed by atoms with van der Waals surface area (Å²) < 4.78 is 37.5. The third-order valence-electron chi connectivity index (χ3n) is 10.1. The summed E-state index contributed by atoms with van der Waals surface area (Å²) >= 11 is 0. The SMILES string of the molecule is CCCCCCCOc1cc2oc3cc4c(cc3c2cc1OCCCCCCC)oc1cc(CCCCOCCC)c(CCCCOCCC)cc14. The van der Waals surface area contributed by atoms with Crippen molar-refractivity contribution in [2.24, 2.45) is 0 Å². The summed E-state index contributed by atoms with van der Waals surface area (Å²) in [5.74, 6) is 1.58. The highest BCUT2D eigenvalue weighted by Crippen LogP contribution is 2.41. The molecule has 0 radical (unpaired) electrons. The lowest BCUT2D eigenvalue weighted by Crippen LogP contribution is -2.02. The summed E-state index contributed by atoms with van der Waals surface area (Å²) in [6.45, 7) is 13.5. The number of hydrogen-bond donors (Lipinski definition) is 0. The van der Waals surface area contributed by atoms with E-state index in [0.717, 1.165) is 146 Å². The molecule has 0 aliphatic carbocycles.